The number of hydrogen-bond donors (Lipinski definition) is 2. The molecule has 0 saturated heterocycles. The molecule has 2 N–H and O–H groups in total. The van der Waals surface area contributed by atoms with E-state index in [0.29, 0.717) is 23.4 Å². The molecule has 0 fully saturated rings. The highest BCUT2D eigenvalue weighted by molar-refractivity contribution is 5.77. The zero-order valence-electron chi connectivity index (χ0n) is 10.5. The van der Waals surface area contributed by atoms with E-state index in [4.69, 9.17) is 5.21 Å². The van der Waals surface area contributed by atoms with Gasteiger partial charge in [-0.05, 0) is 32.0 Å². The maximum Gasteiger partial charge on any atom is 0.416 e. The molecule has 1 aromatic heterocycles. The standard InChI is InChI=1S/C12H14F3N3O/c1-3-18-10-6-8(12(13,14)15)4-5-9(10)16-11(18)7(2)17-19/h4-7,17,19H,3H2,1-2H3/t7-/m1/s1. The van der Waals surface area contributed by atoms with Crippen LogP contribution in [-0.2, 0) is 12.7 Å². The van der Waals surface area contributed by atoms with Gasteiger partial charge in [0.25, 0.3) is 0 Å². The molecule has 104 valence electrons. The van der Waals surface area contributed by atoms with Crippen LogP contribution in [0.3, 0.4) is 0 Å². The topological polar surface area (TPSA) is 50.1 Å². The fourth-order valence-corrected chi connectivity index (χ4v) is 2.04. The third-order valence-corrected chi connectivity index (χ3v) is 3.00. The number of nitrogens with zero attached hydrogens (tertiary/aromatic N) is 2. The van der Waals surface area contributed by atoms with Gasteiger partial charge in [-0.3, -0.25) is 0 Å². The molecule has 2 aromatic rings. The highest BCUT2D eigenvalue weighted by Gasteiger charge is 2.31. The Balaban J connectivity index is 2.65. The molecule has 0 aliphatic rings. The Morgan fingerprint density at radius 1 is 1.42 bits per heavy atom. The minimum Gasteiger partial charge on any atom is -0.327 e. The third kappa shape index (κ3) is 2.43. The lowest BCUT2D eigenvalue weighted by Gasteiger charge is -2.11. The molecule has 2 rings (SSSR count). The summed E-state index contributed by atoms with van der Waals surface area (Å²) >= 11 is 0. The van der Waals surface area contributed by atoms with Gasteiger partial charge < -0.3 is 9.77 Å². The van der Waals surface area contributed by atoms with Crippen molar-refractivity contribution < 1.29 is 18.4 Å². The van der Waals surface area contributed by atoms with Crippen LogP contribution in [0.1, 0.15) is 31.3 Å². The van der Waals surface area contributed by atoms with Gasteiger partial charge in [0, 0.05) is 6.54 Å². The second-order valence-corrected chi connectivity index (χ2v) is 4.27. The molecule has 0 unspecified atom stereocenters. The van der Waals surface area contributed by atoms with Gasteiger partial charge in [-0.2, -0.15) is 18.7 Å². The van der Waals surface area contributed by atoms with E-state index in [1.54, 1.807) is 11.5 Å². The number of aromatic nitrogens is 2. The minimum atomic E-state index is -4.38. The second-order valence-electron chi connectivity index (χ2n) is 4.27. The molecule has 4 nitrogen and oxygen atoms in total. The third-order valence-electron chi connectivity index (χ3n) is 3.00. The molecular weight excluding hydrogens is 259 g/mol. The molecule has 7 heteroatoms. The van der Waals surface area contributed by atoms with Crippen molar-refractivity contribution in [2.24, 2.45) is 0 Å². The Hall–Kier alpha value is -1.60. The van der Waals surface area contributed by atoms with Crippen molar-refractivity contribution in [2.75, 3.05) is 0 Å². The molecular formula is C12H14F3N3O. The number of nitrogens with one attached hydrogen (secondary N) is 1. The van der Waals surface area contributed by atoms with Crippen LogP contribution in [0.4, 0.5) is 13.2 Å². The summed E-state index contributed by atoms with van der Waals surface area (Å²) in [6.07, 6.45) is -4.38. The number of benzene rings is 1. The molecule has 1 heterocycles. The predicted molar refractivity (Wildman–Crippen MR) is 63.7 cm³/mol. The molecule has 0 aliphatic carbocycles. The monoisotopic (exact) mass is 273 g/mol. The van der Waals surface area contributed by atoms with Crippen molar-refractivity contribution in [3.63, 3.8) is 0 Å². The zero-order valence-corrected chi connectivity index (χ0v) is 10.5. The van der Waals surface area contributed by atoms with Crippen LogP contribution in [0.15, 0.2) is 18.2 Å². The summed E-state index contributed by atoms with van der Waals surface area (Å²) in [5.74, 6) is 0.499. The van der Waals surface area contributed by atoms with Crippen LogP contribution in [0.5, 0.6) is 0 Å². The van der Waals surface area contributed by atoms with E-state index in [1.165, 1.54) is 6.07 Å². The first-order chi connectivity index (χ1) is 8.88. The number of rotatable bonds is 3. The second kappa shape index (κ2) is 4.82. The van der Waals surface area contributed by atoms with Gasteiger partial charge in [0.2, 0.25) is 0 Å². The molecule has 0 saturated carbocycles. The van der Waals surface area contributed by atoms with Crippen LogP contribution in [0, 0.1) is 0 Å². The van der Waals surface area contributed by atoms with E-state index >= 15 is 0 Å². The lowest BCUT2D eigenvalue weighted by atomic mass is 10.2. The Morgan fingerprint density at radius 2 is 2.11 bits per heavy atom. The Morgan fingerprint density at radius 3 is 2.63 bits per heavy atom. The van der Waals surface area contributed by atoms with E-state index in [-0.39, 0.29) is 0 Å². The summed E-state index contributed by atoms with van der Waals surface area (Å²) in [5, 5.41) is 8.93. The molecule has 1 aromatic carbocycles. The summed E-state index contributed by atoms with van der Waals surface area (Å²) < 4.78 is 39.8. The molecule has 0 bridgehead atoms. The number of aryl methyl sites for hydroxylation is 1. The zero-order chi connectivity index (χ0) is 14.2. The van der Waals surface area contributed by atoms with Crippen molar-refractivity contribution in [1.82, 2.24) is 15.0 Å². The molecule has 0 radical (unpaired) electrons. The van der Waals surface area contributed by atoms with Gasteiger partial charge in [-0.15, -0.1) is 0 Å². The first kappa shape index (κ1) is 13.8. The lowest BCUT2D eigenvalue weighted by Crippen LogP contribution is -2.18. The number of halogens is 3. The van der Waals surface area contributed by atoms with Crippen molar-refractivity contribution in [2.45, 2.75) is 32.6 Å². The SMILES string of the molecule is CCn1c([C@@H](C)NO)nc2ccc(C(F)(F)F)cc21. The van der Waals surface area contributed by atoms with Crippen molar-refractivity contribution in [3.8, 4) is 0 Å². The molecule has 19 heavy (non-hydrogen) atoms. The summed E-state index contributed by atoms with van der Waals surface area (Å²) in [4.78, 5) is 4.25. The number of alkyl halides is 3. The van der Waals surface area contributed by atoms with Crippen LogP contribution >= 0.6 is 0 Å². The van der Waals surface area contributed by atoms with E-state index in [1.807, 2.05) is 6.92 Å². The maximum absolute atomic E-state index is 12.7. The van der Waals surface area contributed by atoms with E-state index in [9.17, 15) is 13.2 Å². The summed E-state index contributed by atoms with van der Waals surface area (Å²) in [5.41, 5.74) is 2.24. The lowest BCUT2D eigenvalue weighted by molar-refractivity contribution is -0.137. The van der Waals surface area contributed by atoms with Crippen molar-refractivity contribution in [1.29, 1.82) is 0 Å². The van der Waals surface area contributed by atoms with Crippen molar-refractivity contribution >= 4 is 11.0 Å². The van der Waals surface area contributed by atoms with Crippen LogP contribution in [0.25, 0.3) is 11.0 Å². The summed E-state index contributed by atoms with van der Waals surface area (Å²) in [6.45, 7) is 3.96. The molecule has 0 spiro atoms. The van der Waals surface area contributed by atoms with Gasteiger partial charge in [0.05, 0.1) is 22.6 Å². The van der Waals surface area contributed by atoms with Gasteiger partial charge in [-0.1, -0.05) is 0 Å². The fraction of sp³-hybridized carbons (Fsp3) is 0.417. The summed E-state index contributed by atoms with van der Waals surface area (Å²) in [6, 6.07) is 2.98. The number of fused-ring (bicyclic) bond motifs is 1. The average molecular weight is 273 g/mol. The van der Waals surface area contributed by atoms with Gasteiger partial charge in [-0.25, -0.2) is 4.98 Å². The Bertz CT molecular complexity index is 592. The summed E-state index contributed by atoms with van der Waals surface area (Å²) in [7, 11) is 0. The number of hydroxylamine groups is 1. The highest BCUT2D eigenvalue weighted by atomic mass is 19.4. The predicted octanol–water partition coefficient (Wildman–Crippen LogP) is 3.11. The molecule has 1 atom stereocenters. The maximum atomic E-state index is 12.7. The minimum absolute atomic E-state index is 0.412. The van der Waals surface area contributed by atoms with E-state index < -0.39 is 17.8 Å². The first-order valence-electron chi connectivity index (χ1n) is 5.85. The quantitative estimate of drug-likeness (QED) is 0.845. The Labute approximate surface area is 107 Å². The first-order valence-corrected chi connectivity index (χ1v) is 5.85. The molecule has 0 amide bonds. The van der Waals surface area contributed by atoms with Gasteiger partial charge >= 0.3 is 6.18 Å². The van der Waals surface area contributed by atoms with Crippen molar-refractivity contribution in [3.05, 3.63) is 29.6 Å². The van der Waals surface area contributed by atoms with Crippen LogP contribution in [0.2, 0.25) is 0 Å². The van der Waals surface area contributed by atoms with E-state index in [2.05, 4.69) is 10.5 Å². The van der Waals surface area contributed by atoms with Crippen LogP contribution < -0.4 is 5.48 Å². The molecule has 0 aliphatic heterocycles. The number of imidazole rings is 1. The van der Waals surface area contributed by atoms with Gasteiger partial charge in [0.1, 0.15) is 5.82 Å². The Kier molecular flexibility index (Phi) is 3.51. The number of hydrogen-bond acceptors (Lipinski definition) is 3. The van der Waals surface area contributed by atoms with Gasteiger partial charge in [0.15, 0.2) is 0 Å². The van der Waals surface area contributed by atoms with E-state index in [0.717, 1.165) is 12.1 Å². The fourth-order valence-electron chi connectivity index (χ4n) is 2.04. The highest BCUT2D eigenvalue weighted by Crippen LogP contribution is 2.32. The smallest absolute Gasteiger partial charge is 0.327 e. The normalized spacial score (nSPS) is 14.0. The average Bonchev–Trinajstić information content (AvgIpc) is 2.74. The largest absolute Gasteiger partial charge is 0.416 e. The van der Waals surface area contributed by atoms with Crippen LogP contribution in [-0.4, -0.2) is 14.8 Å².